The number of anilines is 1. The van der Waals surface area contributed by atoms with Crippen molar-refractivity contribution in [2.75, 3.05) is 12.4 Å². The molecule has 0 aliphatic heterocycles. The molecule has 1 aromatic rings. The zero-order valence-corrected chi connectivity index (χ0v) is 8.97. The van der Waals surface area contributed by atoms with Crippen LogP contribution in [0.15, 0.2) is 12.1 Å². The summed E-state index contributed by atoms with van der Waals surface area (Å²) < 4.78 is 5.19. The molecule has 0 radical (unpaired) electrons. The first-order valence-electron chi connectivity index (χ1n) is 4.47. The highest BCUT2D eigenvalue weighted by Gasteiger charge is 2.08. The Bertz CT molecular complexity index is 359. The Morgan fingerprint density at radius 3 is 2.50 bits per heavy atom. The molecule has 1 aromatic carbocycles. The highest BCUT2D eigenvalue weighted by atomic mass is 16.5. The molecule has 0 aliphatic carbocycles. The van der Waals surface area contributed by atoms with E-state index in [2.05, 4.69) is 5.32 Å². The van der Waals surface area contributed by atoms with Crippen molar-refractivity contribution in [3.8, 4) is 5.75 Å². The molecular weight excluding hydrogens is 178 g/mol. The van der Waals surface area contributed by atoms with Gasteiger partial charge < -0.3 is 10.1 Å². The molecule has 3 heteroatoms. The van der Waals surface area contributed by atoms with Crippen LogP contribution in [0.4, 0.5) is 5.69 Å². The summed E-state index contributed by atoms with van der Waals surface area (Å²) in [5.41, 5.74) is 2.89. The van der Waals surface area contributed by atoms with Gasteiger partial charge in [-0.25, -0.2) is 0 Å². The van der Waals surface area contributed by atoms with Gasteiger partial charge in [0.15, 0.2) is 0 Å². The van der Waals surface area contributed by atoms with E-state index in [9.17, 15) is 4.79 Å². The minimum atomic E-state index is -0.0877. The van der Waals surface area contributed by atoms with Crippen LogP contribution in [0.25, 0.3) is 0 Å². The maximum absolute atomic E-state index is 11.0. The molecule has 0 heterocycles. The molecule has 3 nitrogen and oxygen atoms in total. The van der Waals surface area contributed by atoms with Crippen LogP contribution in [0.2, 0.25) is 0 Å². The molecule has 76 valence electrons. The first-order valence-corrected chi connectivity index (χ1v) is 4.47. The molecule has 0 fully saturated rings. The van der Waals surface area contributed by atoms with Gasteiger partial charge in [0.05, 0.1) is 12.8 Å². The predicted octanol–water partition coefficient (Wildman–Crippen LogP) is 2.27. The lowest BCUT2D eigenvalue weighted by Crippen LogP contribution is -2.08. The maximum atomic E-state index is 11.0. The molecule has 0 aliphatic rings. The fourth-order valence-corrected chi connectivity index (χ4v) is 1.43. The average Bonchev–Trinajstić information content (AvgIpc) is 2.08. The molecule has 1 amide bonds. The average molecular weight is 193 g/mol. The summed E-state index contributed by atoms with van der Waals surface area (Å²) >= 11 is 0. The third kappa shape index (κ3) is 2.25. The molecular formula is C11H15NO2. The number of aryl methyl sites for hydroxylation is 2. The summed E-state index contributed by atoms with van der Waals surface area (Å²) in [5, 5.41) is 2.76. The first-order chi connectivity index (χ1) is 6.54. The number of methoxy groups -OCH3 is 1. The van der Waals surface area contributed by atoms with Gasteiger partial charge in [-0.2, -0.15) is 0 Å². The number of carbonyl (C=O) groups excluding carboxylic acids is 1. The molecule has 0 atom stereocenters. The summed E-state index contributed by atoms with van der Waals surface area (Å²) in [7, 11) is 1.60. The highest BCUT2D eigenvalue weighted by Crippen LogP contribution is 2.29. The molecule has 0 aromatic heterocycles. The SMILES string of the molecule is COc1cc(C)cc(C)c1NC(C)=O. The summed E-state index contributed by atoms with van der Waals surface area (Å²) in [5.74, 6) is 0.618. The van der Waals surface area contributed by atoms with Crippen LogP contribution in [-0.2, 0) is 4.79 Å². The van der Waals surface area contributed by atoms with Crippen LogP contribution < -0.4 is 10.1 Å². The topological polar surface area (TPSA) is 38.3 Å². The lowest BCUT2D eigenvalue weighted by molar-refractivity contribution is -0.114. The number of hydrogen-bond acceptors (Lipinski definition) is 2. The molecule has 0 spiro atoms. The van der Waals surface area contributed by atoms with E-state index in [1.807, 2.05) is 26.0 Å². The number of benzene rings is 1. The fourth-order valence-electron chi connectivity index (χ4n) is 1.43. The van der Waals surface area contributed by atoms with Crippen molar-refractivity contribution < 1.29 is 9.53 Å². The number of amides is 1. The Hall–Kier alpha value is -1.51. The standard InChI is InChI=1S/C11H15NO2/c1-7-5-8(2)11(12-9(3)13)10(6-7)14-4/h5-6H,1-4H3,(H,12,13). The van der Waals surface area contributed by atoms with Crippen molar-refractivity contribution in [1.82, 2.24) is 0 Å². The van der Waals surface area contributed by atoms with E-state index in [1.54, 1.807) is 7.11 Å². The van der Waals surface area contributed by atoms with Gasteiger partial charge in [-0.3, -0.25) is 4.79 Å². The Labute approximate surface area is 84.1 Å². The normalized spacial score (nSPS) is 9.71. The smallest absolute Gasteiger partial charge is 0.221 e. The van der Waals surface area contributed by atoms with E-state index in [1.165, 1.54) is 6.92 Å². The van der Waals surface area contributed by atoms with Gasteiger partial charge in [0, 0.05) is 6.92 Å². The van der Waals surface area contributed by atoms with Crippen molar-refractivity contribution in [2.24, 2.45) is 0 Å². The van der Waals surface area contributed by atoms with Crippen LogP contribution in [0.1, 0.15) is 18.1 Å². The van der Waals surface area contributed by atoms with E-state index in [0.29, 0.717) is 5.75 Å². The first kappa shape index (κ1) is 10.6. The second-order valence-corrected chi connectivity index (χ2v) is 3.34. The zero-order valence-electron chi connectivity index (χ0n) is 8.97. The summed E-state index contributed by atoms with van der Waals surface area (Å²) in [6.07, 6.45) is 0. The Morgan fingerprint density at radius 1 is 1.36 bits per heavy atom. The van der Waals surface area contributed by atoms with Gasteiger partial charge in [0.2, 0.25) is 5.91 Å². The fraction of sp³-hybridized carbons (Fsp3) is 0.364. The van der Waals surface area contributed by atoms with Crippen molar-refractivity contribution in [3.05, 3.63) is 23.3 Å². The monoisotopic (exact) mass is 193 g/mol. The number of hydrogen-bond donors (Lipinski definition) is 1. The van der Waals surface area contributed by atoms with E-state index in [-0.39, 0.29) is 5.91 Å². The van der Waals surface area contributed by atoms with E-state index < -0.39 is 0 Å². The third-order valence-electron chi connectivity index (χ3n) is 1.96. The van der Waals surface area contributed by atoms with Crippen molar-refractivity contribution in [1.29, 1.82) is 0 Å². The summed E-state index contributed by atoms with van der Waals surface area (Å²) in [6.45, 7) is 5.42. The number of nitrogens with one attached hydrogen (secondary N) is 1. The third-order valence-corrected chi connectivity index (χ3v) is 1.96. The molecule has 0 saturated heterocycles. The van der Waals surface area contributed by atoms with Gasteiger partial charge in [-0.15, -0.1) is 0 Å². The molecule has 1 N–H and O–H groups in total. The zero-order chi connectivity index (χ0) is 10.7. The van der Waals surface area contributed by atoms with Gasteiger partial charge in [-0.05, 0) is 31.0 Å². The van der Waals surface area contributed by atoms with Crippen molar-refractivity contribution in [2.45, 2.75) is 20.8 Å². The van der Waals surface area contributed by atoms with Gasteiger partial charge in [0.25, 0.3) is 0 Å². The van der Waals surface area contributed by atoms with Gasteiger partial charge in [0.1, 0.15) is 5.75 Å². The Morgan fingerprint density at radius 2 is 2.00 bits per heavy atom. The minimum Gasteiger partial charge on any atom is -0.495 e. The van der Waals surface area contributed by atoms with Crippen LogP contribution in [0.3, 0.4) is 0 Å². The molecule has 1 rings (SSSR count). The molecule has 0 saturated carbocycles. The van der Waals surface area contributed by atoms with Crippen LogP contribution in [0.5, 0.6) is 5.75 Å². The molecule has 0 unspecified atom stereocenters. The van der Waals surface area contributed by atoms with Crippen LogP contribution in [-0.4, -0.2) is 13.0 Å². The van der Waals surface area contributed by atoms with Gasteiger partial charge >= 0.3 is 0 Å². The number of carbonyl (C=O) groups is 1. The van der Waals surface area contributed by atoms with E-state index >= 15 is 0 Å². The number of rotatable bonds is 2. The lowest BCUT2D eigenvalue weighted by atomic mass is 10.1. The number of ether oxygens (including phenoxy) is 1. The largest absolute Gasteiger partial charge is 0.495 e. The molecule has 14 heavy (non-hydrogen) atoms. The van der Waals surface area contributed by atoms with Crippen LogP contribution >= 0.6 is 0 Å². The van der Waals surface area contributed by atoms with E-state index in [0.717, 1.165) is 16.8 Å². The highest BCUT2D eigenvalue weighted by molar-refractivity contribution is 5.91. The van der Waals surface area contributed by atoms with Crippen molar-refractivity contribution in [3.63, 3.8) is 0 Å². The lowest BCUT2D eigenvalue weighted by Gasteiger charge is -2.12. The molecule has 0 bridgehead atoms. The van der Waals surface area contributed by atoms with Gasteiger partial charge in [-0.1, -0.05) is 6.07 Å². The van der Waals surface area contributed by atoms with Crippen molar-refractivity contribution >= 4 is 11.6 Å². The second-order valence-electron chi connectivity index (χ2n) is 3.34. The summed E-state index contributed by atoms with van der Waals surface area (Å²) in [4.78, 5) is 11.0. The quantitative estimate of drug-likeness (QED) is 0.782. The van der Waals surface area contributed by atoms with E-state index in [4.69, 9.17) is 4.74 Å². The minimum absolute atomic E-state index is 0.0877. The predicted molar refractivity (Wildman–Crippen MR) is 56.8 cm³/mol. The summed E-state index contributed by atoms with van der Waals surface area (Å²) in [6, 6.07) is 3.91. The second kappa shape index (κ2) is 4.13. The Balaban J connectivity index is 3.18. The van der Waals surface area contributed by atoms with Crippen LogP contribution in [0, 0.1) is 13.8 Å². The maximum Gasteiger partial charge on any atom is 0.221 e. The Kier molecular flexibility index (Phi) is 3.12.